The van der Waals surface area contributed by atoms with E-state index in [0.29, 0.717) is 6.04 Å². The molecule has 4 heteroatoms. The van der Waals surface area contributed by atoms with Gasteiger partial charge < -0.3 is 4.90 Å². The van der Waals surface area contributed by atoms with Crippen LogP contribution in [0, 0.1) is 0 Å². The third-order valence-electron chi connectivity index (χ3n) is 5.85. The number of hydrogen-bond donors (Lipinski definition) is 0. The molecule has 4 rings (SSSR count). The second-order valence-corrected chi connectivity index (χ2v) is 7.58. The minimum absolute atomic E-state index is 0.191. The highest BCUT2D eigenvalue weighted by atomic mass is 16.2. The van der Waals surface area contributed by atoms with Gasteiger partial charge in [-0.2, -0.15) is 0 Å². The zero-order valence-electron chi connectivity index (χ0n) is 16.8. The molecule has 2 heterocycles. The zero-order chi connectivity index (χ0) is 20.1. The summed E-state index contributed by atoms with van der Waals surface area (Å²) in [6.07, 6.45) is 3.74. The first kappa shape index (κ1) is 19.3. The van der Waals surface area contributed by atoms with Crippen molar-refractivity contribution in [1.82, 2.24) is 14.8 Å². The molecule has 0 spiro atoms. The Labute approximate surface area is 172 Å². The predicted molar refractivity (Wildman–Crippen MR) is 116 cm³/mol. The summed E-state index contributed by atoms with van der Waals surface area (Å²) in [5, 5.41) is 0. The highest BCUT2D eigenvalue weighted by Gasteiger charge is 2.31. The van der Waals surface area contributed by atoms with Gasteiger partial charge in [0.15, 0.2) is 0 Å². The molecule has 0 N–H and O–H groups in total. The maximum absolute atomic E-state index is 13.5. The van der Waals surface area contributed by atoms with E-state index in [1.54, 1.807) is 6.20 Å². The lowest BCUT2D eigenvalue weighted by molar-refractivity contribution is -0.133. The van der Waals surface area contributed by atoms with E-state index in [1.165, 1.54) is 5.56 Å². The fourth-order valence-corrected chi connectivity index (χ4v) is 4.11. The molecule has 0 saturated carbocycles. The molecule has 0 aliphatic carbocycles. The minimum atomic E-state index is -0.250. The molecule has 1 atom stereocenters. The summed E-state index contributed by atoms with van der Waals surface area (Å²) in [5.41, 5.74) is 3.32. The van der Waals surface area contributed by atoms with E-state index in [1.807, 2.05) is 53.6 Å². The maximum atomic E-state index is 13.5. The topological polar surface area (TPSA) is 36.4 Å². The van der Waals surface area contributed by atoms with Gasteiger partial charge in [-0.15, -0.1) is 0 Å². The Morgan fingerprint density at radius 3 is 1.86 bits per heavy atom. The smallest absolute Gasteiger partial charge is 0.234 e. The first-order valence-electron chi connectivity index (χ1n) is 10.3. The molecular formula is C25H27N3O. The molecule has 1 aromatic heterocycles. The largest absolute Gasteiger partial charge is 0.339 e. The number of carbonyl (C=O) groups excluding carboxylic acids is 1. The number of hydrogen-bond acceptors (Lipinski definition) is 3. The van der Waals surface area contributed by atoms with Crippen LogP contribution in [0.15, 0.2) is 85.2 Å². The van der Waals surface area contributed by atoms with Crippen molar-refractivity contribution in [3.05, 3.63) is 102 Å². The van der Waals surface area contributed by atoms with Crippen LogP contribution in [0.4, 0.5) is 0 Å². The predicted octanol–water partition coefficient (Wildman–Crippen LogP) is 4.12. The van der Waals surface area contributed by atoms with Gasteiger partial charge >= 0.3 is 0 Å². The highest BCUT2D eigenvalue weighted by molar-refractivity contribution is 5.87. The van der Waals surface area contributed by atoms with Crippen molar-refractivity contribution in [1.29, 1.82) is 0 Å². The number of pyridine rings is 1. The van der Waals surface area contributed by atoms with E-state index in [0.717, 1.165) is 37.3 Å². The summed E-state index contributed by atoms with van der Waals surface area (Å²) in [5.74, 6) is -0.0595. The van der Waals surface area contributed by atoms with Gasteiger partial charge in [0.25, 0.3) is 0 Å². The summed E-state index contributed by atoms with van der Waals surface area (Å²) in [7, 11) is 0. The Bertz CT molecular complexity index is 867. The number of aromatic nitrogens is 1. The summed E-state index contributed by atoms with van der Waals surface area (Å²) >= 11 is 0. The Morgan fingerprint density at radius 1 is 0.793 bits per heavy atom. The average molecular weight is 386 g/mol. The van der Waals surface area contributed by atoms with Gasteiger partial charge in [-0.05, 0) is 29.7 Å². The van der Waals surface area contributed by atoms with E-state index >= 15 is 0 Å². The number of nitrogens with zero attached hydrogens (tertiary/aromatic N) is 3. The Kier molecular flexibility index (Phi) is 6.01. The van der Waals surface area contributed by atoms with E-state index < -0.39 is 0 Å². The third kappa shape index (κ3) is 4.38. The first-order chi connectivity index (χ1) is 14.2. The normalized spacial score (nSPS) is 16.0. The van der Waals surface area contributed by atoms with Crippen LogP contribution in [-0.2, 0) is 4.79 Å². The van der Waals surface area contributed by atoms with Gasteiger partial charge in [0.1, 0.15) is 0 Å². The molecule has 1 fully saturated rings. The molecule has 1 aliphatic rings. The van der Waals surface area contributed by atoms with Crippen molar-refractivity contribution in [3.8, 4) is 0 Å². The third-order valence-corrected chi connectivity index (χ3v) is 5.85. The number of rotatable bonds is 5. The van der Waals surface area contributed by atoms with Crippen LogP contribution in [0.2, 0.25) is 0 Å². The van der Waals surface area contributed by atoms with Gasteiger partial charge in [-0.3, -0.25) is 14.7 Å². The number of benzene rings is 2. The molecular weight excluding hydrogens is 358 g/mol. The van der Waals surface area contributed by atoms with E-state index in [-0.39, 0.29) is 11.8 Å². The summed E-state index contributed by atoms with van der Waals surface area (Å²) in [6, 6.07) is 24.6. The molecule has 3 aromatic rings. The van der Waals surface area contributed by atoms with Crippen LogP contribution in [0.3, 0.4) is 0 Å². The molecule has 0 radical (unpaired) electrons. The Morgan fingerprint density at radius 2 is 1.34 bits per heavy atom. The lowest BCUT2D eigenvalue weighted by Gasteiger charge is -2.39. The standard InChI is InChI=1S/C25H27N3O/c1-20(23-13-8-14-26-19-23)27-15-17-28(18-16-27)25(29)24(21-9-4-2-5-10-21)22-11-6-3-7-12-22/h2-14,19-20,24H,15-18H2,1H3. The number of amides is 1. The van der Waals surface area contributed by atoms with Crippen molar-refractivity contribution in [3.63, 3.8) is 0 Å². The molecule has 1 saturated heterocycles. The van der Waals surface area contributed by atoms with Gasteiger partial charge in [0.05, 0.1) is 5.92 Å². The maximum Gasteiger partial charge on any atom is 0.234 e. The van der Waals surface area contributed by atoms with E-state index in [4.69, 9.17) is 0 Å². The highest BCUT2D eigenvalue weighted by Crippen LogP contribution is 2.28. The van der Waals surface area contributed by atoms with Gasteiger partial charge in [0.2, 0.25) is 5.91 Å². The van der Waals surface area contributed by atoms with E-state index in [9.17, 15) is 4.79 Å². The van der Waals surface area contributed by atoms with Crippen LogP contribution in [0.5, 0.6) is 0 Å². The van der Waals surface area contributed by atoms with E-state index in [2.05, 4.69) is 47.1 Å². The van der Waals surface area contributed by atoms with Crippen LogP contribution < -0.4 is 0 Å². The average Bonchev–Trinajstić information content (AvgIpc) is 2.81. The molecule has 2 aromatic carbocycles. The summed E-state index contributed by atoms with van der Waals surface area (Å²) < 4.78 is 0. The van der Waals surface area contributed by atoms with Crippen molar-refractivity contribution in [2.24, 2.45) is 0 Å². The monoisotopic (exact) mass is 385 g/mol. The molecule has 29 heavy (non-hydrogen) atoms. The molecule has 0 bridgehead atoms. The molecule has 1 unspecified atom stereocenters. The van der Waals surface area contributed by atoms with Crippen LogP contribution in [-0.4, -0.2) is 46.9 Å². The van der Waals surface area contributed by atoms with Crippen molar-refractivity contribution in [2.75, 3.05) is 26.2 Å². The SMILES string of the molecule is CC(c1cccnc1)N1CCN(C(=O)C(c2ccccc2)c2ccccc2)CC1. The second kappa shape index (κ2) is 9.01. The zero-order valence-corrected chi connectivity index (χ0v) is 16.8. The van der Waals surface area contributed by atoms with Gasteiger partial charge in [0, 0.05) is 44.6 Å². The fraction of sp³-hybridized carbons (Fsp3) is 0.280. The van der Waals surface area contributed by atoms with Gasteiger partial charge in [-0.1, -0.05) is 66.7 Å². The van der Waals surface area contributed by atoms with Crippen molar-refractivity contribution < 1.29 is 4.79 Å². The molecule has 148 valence electrons. The van der Waals surface area contributed by atoms with Gasteiger partial charge in [-0.25, -0.2) is 0 Å². The summed E-state index contributed by atoms with van der Waals surface area (Å²) in [6.45, 7) is 5.46. The minimum Gasteiger partial charge on any atom is -0.339 e. The lowest BCUT2D eigenvalue weighted by atomic mass is 9.90. The first-order valence-corrected chi connectivity index (χ1v) is 10.3. The van der Waals surface area contributed by atoms with Crippen molar-refractivity contribution >= 4 is 5.91 Å². The number of carbonyl (C=O) groups is 1. The lowest BCUT2D eigenvalue weighted by Crippen LogP contribution is -2.50. The Balaban J connectivity index is 1.48. The second-order valence-electron chi connectivity index (χ2n) is 7.58. The Hall–Kier alpha value is -2.98. The number of piperazine rings is 1. The van der Waals surface area contributed by atoms with Crippen LogP contribution in [0.1, 0.15) is 35.6 Å². The summed E-state index contributed by atoms with van der Waals surface area (Å²) in [4.78, 5) is 22.2. The van der Waals surface area contributed by atoms with Crippen LogP contribution >= 0.6 is 0 Å². The molecule has 1 aliphatic heterocycles. The fourth-order valence-electron chi connectivity index (χ4n) is 4.11. The molecule has 4 nitrogen and oxygen atoms in total. The molecule has 1 amide bonds. The quantitative estimate of drug-likeness (QED) is 0.663. The van der Waals surface area contributed by atoms with Crippen molar-refractivity contribution in [2.45, 2.75) is 18.9 Å². The van der Waals surface area contributed by atoms with Crippen LogP contribution in [0.25, 0.3) is 0 Å².